The van der Waals surface area contributed by atoms with Crippen molar-refractivity contribution in [2.45, 2.75) is 83.3 Å². The zero-order chi connectivity index (χ0) is 41.0. The average molecular weight is 777 g/mol. The van der Waals surface area contributed by atoms with Crippen LogP contribution in [0.2, 0.25) is 0 Å². The highest BCUT2D eigenvalue weighted by atomic mass is 19.4. The van der Waals surface area contributed by atoms with Crippen LogP contribution in [-0.2, 0) is 56.4 Å². The fourth-order valence-corrected chi connectivity index (χ4v) is 4.77. The van der Waals surface area contributed by atoms with E-state index in [4.69, 9.17) is 10.00 Å². The van der Waals surface area contributed by atoms with Crippen molar-refractivity contribution < 1.29 is 55.1 Å². The average Bonchev–Trinajstić information content (AvgIpc) is 3.10. The van der Waals surface area contributed by atoms with E-state index < -0.39 is 72.8 Å². The number of carbonyl (C=O) groups excluding carboxylic acids is 5. The summed E-state index contributed by atoms with van der Waals surface area (Å²) < 4.78 is 80.8. The first-order valence-corrected chi connectivity index (χ1v) is 16.6. The van der Waals surface area contributed by atoms with Gasteiger partial charge in [-0.2, -0.15) is 31.6 Å². The van der Waals surface area contributed by atoms with Crippen LogP contribution in [0.3, 0.4) is 0 Å². The van der Waals surface area contributed by atoms with Crippen LogP contribution in [-0.4, -0.2) is 59.8 Å². The van der Waals surface area contributed by atoms with Gasteiger partial charge in [-0.05, 0) is 60.7 Å². The zero-order valence-electron chi connectivity index (χ0n) is 29.8. The molecular weight excluding hydrogens is 738 g/mol. The van der Waals surface area contributed by atoms with Gasteiger partial charge in [0.1, 0.15) is 17.7 Å². The number of alkyl halides is 6. The number of hydrogen-bond donors (Lipinski definition) is 5. The molecule has 0 aliphatic carbocycles. The van der Waals surface area contributed by atoms with Gasteiger partial charge in [0.05, 0.1) is 11.6 Å². The summed E-state index contributed by atoms with van der Waals surface area (Å²) in [6.07, 6.45) is -11.4. The number of nitrogens with zero attached hydrogens (tertiary/aromatic N) is 1. The van der Waals surface area contributed by atoms with Crippen LogP contribution in [0.5, 0.6) is 0 Å². The Hall–Kier alpha value is -6.12. The van der Waals surface area contributed by atoms with Gasteiger partial charge in [-0.15, -0.1) is 0 Å². The highest BCUT2D eigenvalue weighted by Gasteiger charge is 2.39. The second kappa shape index (κ2) is 18.8. The van der Waals surface area contributed by atoms with Crippen LogP contribution in [0.15, 0.2) is 72.8 Å². The fraction of sp³-hybridized carbons (Fsp3) is 0.351. The molecule has 0 radical (unpaired) electrons. The summed E-state index contributed by atoms with van der Waals surface area (Å²) in [4.78, 5) is 62.6. The van der Waals surface area contributed by atoms with Gasteiger partial charge in [-0.25, -0.2) is 4.79 Å². The van der Waals surface area contributed by atoms with Crippen molar-refractivity contribution in [2.75, 3.05) is 0 Å². The van der Waals surface area contributed by atoms with E-state index in [0.29, 0.717) is 33.4 Å². The quantitative estimate of drug-likeness (QED) is 0.151. The highest BCUT2D eigenvalue weighted by molar-refractivity contribution is 5.91. The Bertz CT molecular complexity index is 1850. The molecule has 0 unspecified atom stereocenters. The normalized spacial score (nSPS) is 12.7. The molecule has 55 heavy (non-hydrogen) atoms. The number of nitrogens with one attached hydrogen (secondary N) is 5. The zero-order valence-corrected chi connectivity index (χ0v) is 29.8. The summed E-state index contributed by atoms with van der Waals surface area (Å²) in [5.74, 6) is -5.70. The maximum atomic E-state index is 13.8. The Kier molecular flexibility index (Phi) is 14.8. The molecule has 3 aromatic carbocycles. The second-order valence-corrected chi connectivity index (χ2v) is 13.2. The molecular formula is C37H38F6N6O6. The number of rotatable bonds is 14. The van der Waals surface area contributed by atoms with Gasteiger partial charge in [0.2, 0.25) is 11.8 Å². The first-order valence-electron chi connectivity index (χ1n) is 16.6. The number of halogens is 6. The lowest BCUT2D eigenvalue weighted by molar-refractivity contribution is -0.173. The number of amides is 5. The maximum Gasteiger partial charge on any atom is 0.471 e. The van der Waals surface area contributed by atoms with Crippen molar-refractivity contribution in [2.24, 2.45) is 0 Å². The number of nitriles is 1. The van der Waals surface area contributed by atoms with Crippen LogP contribution >= 0.6 is 0 Å². The third-order valence-corrected chi connectivity index (χ3v) is 7.54. The molecule has 0 fully saturated rings. The summed E-state index contributed by atoms with van der Waals surface area (Å²) >= 11 is 0. The lowest BCUT2D eigenvalue weighted by Crippen LogP contribution is -2.55. The Morgan fingerprint density at radius 2 is 0.945 bits per heavy atom. The summed E-state index contributed by atoms with van der Waals surface area (Å²) in [6.45, 7) is 3.95. The first kappa shape index (κ1) is 43.3. The molecule has 5 amide bonds. The smallest absolute Gasteiger partial charge is 0.444 e. The number of hydrogen-bond acceptors (Lipinski definition) is 7. The fourth-order valence-electron chi connectivity index (χ4n) is 4.77. The Balaban J connectivity index is 1.83. The molecule has 0 aliphatic heterocycles. The third-order valence-electron chi connectivity index (χ3n) is 7.54. The van der Waals surface area contributed by atoms with Gasteiger partial charge < -0.3 is 31.3 Å². The molecule has 0 saturated carbocycles. The van der Waals surface area contributed by atoms with E-state index in [1.807, 2.05) is 6.07 Å². The van der Waals surface area contributed by atoms with E-state index in [1.54, 1.807) is 55.7 Å². The molecule has 3 rings (SSSR count). The summed E-state index contributed by atoms with van der Waals surface area (Å²) in [5.41, 5.74) is 1.62. The van der Waals surface area contributed by atoms with Gasteiger partial charge in [0.25, 0.3) is 0 Å². The van der Waals surface area contributed by atoms with Gasteiger partial charge in [0.15, 0.2) is 0 Å². The van der Waals surface area contributed by atoms with E-state index in [9.17, 15) is 50.3 Å². The van der Waals surface area contributed by atoms with Crippen molar-refractivity contribution in [3.05, 3.63) is 106 Å². The van der Waals surface area contributed by atoms with Crippen LogP contribution in [0, 0.1) is 11.3 Å². The van der Waals surface area contributed by atoms with E-state index in [0.717, 1.165) is 0 Å². The van der Waals surface area contributed by atoms with Crippen LogP contribution < -0.4 is 26.6 Å². The predicted molar refractivity (Wildman–Crippen MR) is 184 cm³/mol. The molecule has 0 spiro atoms. The minimum atomic E-state index is -5.06. The number of alkyl carbamates (subject to hydrolysis) is 1. The highest BCUT2D eigenvalue weighted by Crippen LogP contribution is 2.17. The molecule has 294 valence electrons. The molecule has 2 atom stereocenters. The summed E-state index contributed by atoms with van der Waals surface area (Å²) in [7, 11) is 0. The number of carbonyl (C=O) groups is 5. The summed E-state index contributed by atoms with van der Waals surface area (Å²) in [5, 5.41) is 20.4. The van der Waals surface area contributed by atoms with Crippen molar-refractivity contribution in [3.63, 3.8) is 0 Å². The van der Waals surface area contributed by atoms with E-state index in [1.165, 1.54) is 48.5 Å². The topological polar surface area (TPSA) is 179 Å². The summed E-state index contributed by atoms with van der Waals surface area (Å²) in [6, 6.07) is 17.4. The third kappa shape index (κ3) is 15.0. The number of ether oxygens (including phenoxy) is 1. The van der Waals surface area contributed by atoms with E-state index in [2.05, 4.69) is 16.0 Å². The molecule has 0 aliphatic rings. The molecule has 3 aromatic rings. The molecule has 18 heteroatoms. The van der Waals surface area contributed by atoms with Crippen LogP contribution in [0.1, 0.15) is 54.2 Å². The lowest BCUT2D eigenvalue weighted by Gasteiger charge is -2.25. The molecule has 0 bridgehead atoms. The monoisotopic (exact) mass is 776 g/mol. The van der Waals surface area contributed by atoms with Crippen molar-refractivity contribution >= 4 is 29.7 Å². The molecule has 12 nitrogen and oxygen atoms in total. The van der Waals surface area contributed by atoms with Gasteiger partial charge in [-0.3, -0.25) is 19.2 Å². The second-order valence-electron chi connectivity index (χ2n) is 13.2. The van der Waals surface area contributed by atoms with Crippen molar-refractivity contribution in [1.29, 1.82) is 5.26 Å². The lowest BCUT2D eigenvalue weighted by atomic mass is 10.0. The van der Waals surface area contributed by atoms with Crippen LogP contribution in [0.25, 0.3) is 0 Å². The van der Waals surface area contributed by atoms with E-state index >= 15 is 0 Å². The molecule has 0 saturated heterocycles. The van der Waals surface area contributed by atoms with Gasteiger partial charge >= 0.3 is 30.3 Å². The Labute approximate surface area is 312 Å². The standard InChI is InChI=1S/C37H38F6N6O6/c1-35(2,3)55-34(54)49-29(17-23-6-12-27(13-7-23)21-47-33(53)37(41,42)43)31(51)48-28(30(50)45-19-25-14-8-24(18-44)9-15-25)16-22-4-10-26(11-5-22)20-46-32(52)36(38,39)40/h4-15,28-29H,16-17,19-21H2,1-3H3,(H,45,50)(H,46,52)(H,47,53)(H,48,51)(H,49,54)/t28-,29+/m0/s1. The largest absolute Gasteiger partial charge is 0.471 e. The van der Waals surface area contributed by atoms with E-state index in [-0.39, 0.29) is 19.4 Å². The molecule has 5 N–H and O–H groups in total. The minimum absolute atomic E-state index is 0.00408. The van der Waals surface area contributed by atoms with Gasteiger partial charge in [-0.1, -0.05) is 60.7 Å². The predicted octanol–water partition coefficient (Wildman–Crippen LogP) is 4.39. The maximum absolute atomic E-state index is 13.8. The van der Waals surface area contributed by atoms with Gasteiger partial charge in [0, 0.05) is 32.5 Å². The SMILES string of the molecule is CC(C)(C)OC(=O)N[C@H](Cc1ccc(CNC(=O)C(F)(F)F)cc1)C(=O)N[C@@H](Cc1ccc(CNC(=O)C(F)(F)F)cc1)C(=O)NCc1ccc(C#N)cc1. The van der Waals surface area contributed by atoms with Crippen molar-refractivity contribution in [1.82, 2.24) is 26.6 Å². The molecule has 0 aromatic heterocycles. The number of benzene rings is 3. The first-order chi connectivity index (χ1) is 25.6. The Morgan fingerprint density at radius 3 is 1.33 bits per heavy atom. The minimum Gasteiger partial charge on any atom is -0.444 e. The van der Waals surface area contributed by atoms with Crippen molar-refractivity contribution in [3.8, 4) is 6.07 Å². The van der Waals surface area contributed by atoms with Crippen LogP contribution in [0.4, 0.5) is 31.1 Å². The Morgan fingerprint density at radius 1 is 0.582 bits per heavy atom. The molecule has 0 heterocycles.